The van der Waals surface area contributed by atoms with Crippen LogP contribution < -0.4 is 10.6 Å². The zero-order valence-corrected chi connectivity index (χ0v) is 19.7. The van der Waals surface area contributed by atoms with Gasteiger partial charge in [-0.3, -0.25) is 4.90 Å². The molecule has 150 valence electrons. The van der Waals surface area contributed by atoms with Crippen molar-refractivity contribution in [2.75, 3.05) is 19.6 Å². The molecule has 2 aromatic rings. The van der Waals surface area contributed by atoms with Crippen LogP contribution in [0.25, 0.3) is 0 Å². The highest BCUT2D eigenvalue weighted by Gasteiger charge is 2.21. The summed E-state index contributed by atoms with van der Waals surface area (Å²) in [5, 5.41) is 8.96. The molecule has 1 unspecified atom stereocenters. The summed E-state index contributed by atoms with van der Waals surface area (Å²) in [4.78, 5) is 13.1. The summed E-state index contributed by atoms with van der Waals surface area (Å²) in [6.07, 6.45) is 1.16. The van der Waals surface area contributed by atoms with Gasteiger partial charge in [0.2, 0.25) is 5.89 Å². The van der Waals surface area contributed by atoms with Crippen LogP contribution >= 0.6 is 35.3 Å². The predicted molar refractivity (Wildman–Crippen MR) is 122 cm³/mol. The fourth-order valence-corrected chi connectivity index (χ4v) is 4.00. The molecule has 0 amide bonds. The van der Waals surface area contributed by atoms with Crippen molar-refractivity contribution in [1.29, 1.82) is 0 Å². The van der Waals surface area contributed by atoms with E-state index >= 15 is 0 Å². The molecule has 8 heteroatoms. The van der Waals surface area contributed by atoms with E-state index in [1.807, 2.05) is 25.2 Å². The van der Waals surface area contributed by atoms with Gasteiger partial charge < -0.3 is 15.1 Å². The minimum atomic E-state index is 0. The molecule has 0 saturated heterocycles. The number of aryl methyl sites for hydroxylation is 2. The third kappa shape index (κ3) is 5.92. The number of nitrogens with one attached hydrogen (secondary N) is 2. The van der Waals surface area contributed by atoms with Gasteiger partial charge in [0, 0.05) is 37.1 Å². The summed E-state index contributed by atoms with van der Waals surface area (Å²) < 4.78 is 5.61. The average molecular weight is 503 g/mol. The van der Waals surface area contributed by atoms with E-state index in [1.165, 1.54) is 5.56 Å². The summed E-state index contributed by atoms with van der Waals surface area (Å²) in [5.41, 5.74) is 2.42. The minimum Gasteiger partial charge on any atom is -0.444 e. The van der Waals surface area contributed by atoms with Crippen LogP contribution in [0.2, 0.25) is 0 Å². The first kappa shape index (κ1) is 22.2. The molecule has 3 rings (SSSR count). The summed E-state index contributed by atoms with van der Waals surface area (Å²) in [6, 6.07) is 2.70. The van der Waals surface area contributed by atoms with E-state index in [0.717, 1.165) is 50.0 Å². The average Bonchev–Trinajstić information content (AvgIpc) is 3.22. The van der Waals surface area contributed by atoms with Crippen molar-refractivity contribution in [3.63, 3.8) is 0 Å². The number of rotatable bonds is 6. The van der Waals surface area contributed by atoms with Crippen LogP contribution in [0.1, 0.15) is 41.6 Å². The maximum Gasteiger partial charge on any atom is 0.216 e. The topological polar surface area (TPSA) is 65.7 Å². The van der Waals surface area contributed by atoms with Gasteiger partial charge >= 0.3 is 0 Å². The minimum absolute atomic E-state index is 0. The molecule has 0 bridgehead atoms. The Hall–Kier alpha value is -1.13. The van der Waals surface area contributed by atoms with Crippen molar-refractivity contribution in [2.45, 2.75) is 53.2 Å². The lowest BCUT2D eigenvalue weighted by Gasteiger charge is -2.32. The summed E-state index contributed by atoms with van der Waals surface area (Å²) >= 11 is 1.88. The van der Waals surface area contributed by atoms with Gasteiger partial charge in [-0.25, -0.2) is 9.98 Å². The van der Waals surface area contributed by atoms with Gasteiger partial charge in [-0.05, 0) is 51.1 Å². The Morgan fingerprint density at radius 2 is 2.22 bits per heavy atom. The van der Waals surface area contributed by atoms with E-state index in [0.29, 0.717) is 18.5 Å². The first-order valence-corrected chi connectivity index (χ1v) is 10.2. The van der Waals surface area contributed by atoms with Crippen LogP contribution in [-0.4, -0.2) is 41.5 Å². The van der Waals surface area contributed by atoms with E-state index in [9.17, 15) is 0 Å². The lowest BCUT2D eigenvalue weighted by Crippen LogP contribution is -2.47. The maximum absolute atomic E-state index is 5.61. The highest BCUT2D eigenvalue weighted by atomic mass is 127. The molecular formula is C19H30IN5OS. The van der Waals surface area contributed by atoms with Crippen molar-refractivity contribution >= 4 is 41.3 Å². The number of nitrogens with zero attached hydrogens (tertiary/aromatic N) is 3. The molecule has 2 aromatic heterocycles. The molecule has 0 aromatic carbocycles. The van der Waals surface area contributed by atoms with Crippen molar-refractivity contribution < 1.29 is 4.42 Å². The Labute approximate surface area is 182 Å². The molecule has 0 saturated carbocycles. The summed E-state index contributed by atoms with van der Waals surface area (Å²) in [7, 11) is 0. The standard InChI is InChI=1S/C19H29N5OS.HI/c1-5-20-19(22-11-18-23-14(3)15(4)25-18)21-10-13(2)24-8-6-17-16(12-24)7-9-26-17;/h7,9,13H,5-6,8,10-12H2,1-4H3,(H2,20,21,22);1H. The summed E-state index contributed by atoms with van der Waals surface area (Å²) in [5.74, 6) is 2.33. The highest BCUT2D eigenvalue weighted by molar-refractivity contribution is 14.0. The zero-order valence-electron chi connectivity index (χ0n) is 16.5. The number of guanidine groups is 1. The number of aliphatic imine (C=N–C) groups is 1. The number of hydrogen-bond acceptors (Lipinski definition) is 5. The largest absolute Gasteiger partial charge is 0.444 e. The van der Waals surface area contributed by atoms with Gasteiger partial charge in [0.15, 0.2) is 5.96 Å². The molecule has 1 aliphatic rings. The second-order valence-corrected chi connectivity index (χ2v) is 7.76. The quantitative estimate of drug-likeness (QED) is 0.359. The molecule has 1 atom stereocenters. The SMILES string of the molecule is CCNC(=NCc1nc(C)c(C)o1)NCC(C)N1CCc2sccc2C1.I. The van der Waals surface area contributed by atoms with E-state index in [2.05, 4.69) is 50.8 Å². The van der Waals surface area contributed by atoms with E-state index in [1.54, 1.807) is 4.88 Å². The van der Waals surface area contributed by atoms with Crippen molar-refractivity contribution in [3.8, 4) is 0 Å². The molecule has 0 spiro atoms. The van der Waals surface area contributed by atoms with Gasteiger partial charge in [0.05, 0.1) is 5.69 Å². The van der Waals surface area contributed by atoms with Crippen LogP contribution in [-0.2, 0) is 19.5 Å². The monoisotopic (exact) mass is 503 g/mol. The van der Waals surface area contributed by atoms with E-state index in [-0.39, 0.29) is 24.0 Å². The van der Waals surface area contributed by atoms with Crippen LogP contribution in [0.15, 0.2) is 20.9 Å². The molecule has 0 radical (unpaired) electrons. The number of aromatic nitrogens is 1. The molecule has 0 aliphatic carbocycles. The first-order valence-electron chi connectivity index (χ1n) is 9.31. The van der Waals surface area contributed by atoms with Gasteiger partial charge in [-0.1, -0.05) is 0 Å². The van der Waals surface area contributed by atoms with Gasteiger partial charge in [0.25, 0.3) is 0 Å². The lowest BCUT2D eigenvalue weighted by molar-refractivity contribution is 0.192. The first-order chi connectivity index (χ1) is 12.6. The van der Waals surface area contributed by atoms with Crippen molar-refractivity contribution in [3.05, 3.63) is 39.2 Å². The Bertz CT molecular complexity index is 738. The van der Waals surface area contributed by atoms with Crippen LogP contribution in [0.5, 0.6) is 0 Å². The Morgan fingerprint density at radius 1 is 1.41 bits per heavy atom. The van der Waals surface area contributed by atoms with Crippen molar-refractivity contribution in [2.24, 2.45) is 4.99 Å². The maximum atomic E-state index is 5.61. The molecule has 6 nitrogen and oxygen atoms in total. The number of fused-ring (bicyclic) bond motifs is 1. The summed E-state index contributed by atoms with van der Waals surface area (Å²) in [6.45, 7) is 12.5. The highest BCUT2D eigenvalue weighted by Crippen LogP contribution is 2.24. The van der Waals surface area contributed by atoms with E-state index < -0.39 is 0 Å². The third-order valence-corrected chi connectivity index (χ3v) is 5.84. The zero-order chi connectivity index (χ0) is 18.5. The molecular weight excluding hydrogens is 473 g/mol. The number of halogens is 1. The third-order valence-electron chi connectivity index (χ3n) is 4.81. The van der Waals surface area contributed by atoms with Gasteiger partial charge in [0.1, 0.15) is 12.3 Å². The van der Waals surface area contributed by atoms with Gasteiger partial charge in [-0.15, -0.1) is 35.3 Å². The Balaban J connectivity index is 0.00000261. The van der Waals surface area contributed by atoms with Crippen LogP contribution in [0, 0.1) is 13.8 Å². The predicted octanol–water partition coefficient (Wildman–Crippen LogP) is 3.47. The molecule has 2 N–H and O–H groups in total. The number of thiophene rings is 1. The van der Waals surface area contributed by atoms with E-state index in [4.69, 9.17) is 4.42 Å². The fraction of sp³-hybridized carbons (Fsp3) is 0.579. The van der Waals surface area contributed by atoms with Crippen molar-refractivity contribution in [1.82, 2.24) is 20.5 Å². The second kappa shape index (κ2) is 10.4. The van der Waals surface area contributed by atoms with Gasteiger partial charge in [-0.2, -0.15) is 0 Å². The van der Waals surface area contributed by atoms with Crippen LogP contribution in [0.3, 0.4) is 0 Å². The van der Waals surface area contributed by atoms with Crippen LogP contribution in [0.4, 0.5) is 0 Å². The number of hydrogen-bond donors (Lipinski definition) is 2. The Kier molecular flexibility index (Phi) is 8.56. The molecule has 3 heterocycles. The fourth-order valence-electron chi connectivity index (χ4n) is 3.12. The molecule has 0 fully saturated rings. The number of oxazole rings is 1. The molecule has 27 heavy (non-hydrogen) atoms. The Morgan fingerprint density at radius 3 is 2.93 bits per heavy atom. The smallest absolute Gasteiger partial charge is 0.216 e. The molecule has 1 aliphatic heterocycles. The lowest BCUT2D eigenvalue weighted by atomic mass is 10.1. The normalized spacial score (nSPS) is 15.8. The second-order valence-electron chi connectivity index (χ2n) is 6.76.